The molecule has 8 heteroatoms. The molecule has 2 heterocycles. The van der Waals surface area contributed by atoms with Crippen molar-refractivity contribution in [2.75, 3.05) is 5.32 Å². The third kappa shape index (κ3) is 4.84. The lowest BCUT2D eigenvalue weighted by atomic mass is 10.2. The third-order valence-electron chi connectivity index (χ3n) is 3.62. The summed E-state index contributed by atoms with van der Waals surface area (Å²) in [6.45, 7) is 2.90. The zero-order valence-corrected chi connectivity index (χ0v) is 15.1. The second-order valence-corrected chi connectivity index (χ2v) is 6.49. The van der Waals surface area contributed by atoms with Gasteiger partial charge in [-0.15, -0.1) is 0 Å². The molecule has 6 nitrogen and oxygen atoms in total. The Morgan fingerprint density at radius 2 is 1.88 bits per heavy atom. The molecule has 0 aliphatic heterocycles. The SMILES string of the molecule is Cc1nn(CCC(=O)Nc2ccn(Cc3ccc(Cl)cc3)n2)cc1Cl. The Morgan fingerprint density at radius 1 is 1.12 bits per heavy atom. The fraction of sp³-hybridized carbons (Fsp3) is 0.235. The van der Waals surface area contributed by atoms with Gasteiger partial charge >= 0.3 is 0 Å². The van der Waals surface area contributed by atoms with E-state index in [-0.39, 0.29) is 5.91 Å². The summed E-state index contributed by atoms with van der Waals surface area (Å²) in [6.07, 6.45) is 3.83. The van der Waals surface area contributed by atoms with Crippen molar-refractivity contribution in [3.8, 4) is 0 Å². The lowest BCUT2D eigenvalue weighted by molar-refractivity contribution is -0.116. The Labute approximate surface area is 155 Å². The van der Waals surface area contributed by atoms with Gasteiger partial charge < -0.3 is 5.32 Å². The quantitative estimate of drug-likeness (QED) is 0.710. The molecule has 1 N–H and O–H groups in total. The van der Waals surface area contributed by atoms with Crippen molar-refractivity contribution < 1.29 is 4.79 Å². The summed E-state index contributed by atoms with van der Waals surface area (Å²) in [5.41, 5.74) is 1.83. The minimum absolute atomic E-state index is 0.124. The Balaban J connectivity index is 1.51. The van der Waals surface area contributed by atoms with E-state index in [0.29, 0.717) is 35.4 Å². The lowest BCUT2D eigenvalue weighted by Crippen LogP contribution is -2.15. The van der Waals surface area contributed by atoms with Gasteiger partial charge in [-0.2, -0.15) is 10.2 Å². The van der Waals surface area contributed by atoms with Crippen LogP contribution in [0, 0.1) is 6.92 Å². The van der Waals surface area contributed by atoms with E-state index in [2.05, 4.69) is 15.5 Å². The molecule has 0 aliphatic rings. The normalized spacial score (nSPS) is 10.8. The molecule has 1 amide bonds. The van der Waals surface area contributed by atoms with Crippen LogP contribution in [-0.4, -0.2) is 25.5 Å². The molecule has 1 aromatic carbocycles. The van der Waals surface area contributed by atoms with Gasteiger partial charge in [-0.3, -0.25) is 14.2 Å². The van der Waals surface area contributed by atoms with E-state index < -0.39 is 0 Å². The maximum atomic E-state index is 12.0. The molecule has 0 spiro atoms. The number of hydrogen-bond donors (Lipinski definition) is 1. The largest absolute Gasteiger partial charge is 0.309 e. The van der Waals surface area contributed by atoms with Gasteiger partial charge in [0.1, 0.15) is 0 Å². The van der Waals surface area contributed by atoms with E-state index in [1.165, 1.54) is 0 Å². The van der Waals surface area contributed by atoms with Crippen LogP contribution in [0.3, 0.4) is 0 Å². The van der Waals surface area contributed by atoms with Crippen molar-refractivity contribution >= 4 is 34.9 Å². The van der Waals surface area contributed by atoms with Crippen molar-refractivity contribution in [1.29, 1.82) is 0 Å². The molecule has 25 heavy (non-hydrogen) atoms. The van der Waals surface area contributed by atoms with Gasteiger partial charge in [0.15, 0.2) is 5.82 Å². The van der Waals surface area contributed by atoms with Crippen LogP contribution in [0.2, 0.25) is 10.0 Å². The van der Waals surface area contributed by atoms with E-state index >= 15 is 0 Å². The number of halogens is 2. The Bertz CT molecular complexity index is 850. The number of nitrogens with one attached hydrogen (secondary N) is 1. The first kappa shape index (κ1) is 17.5. The first-order chi connectivity index (χ1) is 12.0. The third-order valence-corrected chi connectivity index (χ3v) is 4.24. The second-order valence-electron chi connectivity index (χ2n) is 5.65. The van der Waals surface area contributed by atoms with Crippen molar-refractivity contribution in [2.45, 2.75) is 26.4 Å². The van der Waals surface area contributed by atoms with E-state index in [9.17, 15) is 4.79 Å². The molecule has 0 saturated carbocycles. The van der Waals surface area contributed by atoms with E-state index in [0.717, 1.165) is 11.3 Å². The highest BCUT2D eigenvalue weighted by Crippen LogP contribution is 2.13. The summed E-state index contributed by atoms with van der Waals surface area (Å²) >= 11 is 11.8. The standard InChI is InChI=1S/C17H17Cl2N5O/c1-12-15(19)11-24(21-12)9-7-17(25)20-16-6-8-23(22-16)10-13-2-4-14(18)5-3-13/h2-6,8,11H,7,9-10H2,1H3,(H,20,22,25). The molecule has 0 saturated heterocycles. The summed E-state index contributed by atoms with van der Waals surface area (Å²) in [5, 5.41) is 12.7. The van der Waals surface area contributed by atoms with Crippen molar-refractivity contribution in [2.24, 2.45) is 0 Å². The summed E-state index contributed by atoms with van der Waals surface area (Å²) in [7, 11) is 0. The molecule has 0 bridgehead atoms. The number of benzene rings is 1. The van der Waals surface area contributed by atoms with Crippen LogP contribution >= 0.6 is 23.2 Å². The first-order valence-electron chi connectivity index (χ1n) is 7.77. The number of aromatic nitrogens is 4. The topological polar surface area (TPSA) is 64.7 Å². The number of rotatable bonds is 6. The number of carbonyl (C=O) groups excluding carboxylic acids is 1. The van der Waals surface area contributed by atoms with E-state index in [4.69, 9.17) is 23.2 Å². The highest BCUT2D eigenvalue weighted by molar-refractivity contribution is 6.31. The van der Waals surface area contributed by atoms with E-state index in [1.807, 2.05) is 37.4 Å². The first-order valence-corrected chi connectivity index (χ1v) is 8.52. The van der Waals surface area contributed by atoms with Gasteiger partial charge in [0.05, 0.1) is 17.3 Å². The summed E-state index contributed by atoms with van der Waals surface area (Å²) in [4.78, 5) is 12.0. The minimum Gasteiger partial charge on any atom is -0.309 e. The van der Waals surface area contributed by atoms with E-state index in [1.54, 1.807) is 21.6 Å². The molecule has 3 rings (SSSR count). The zero-order chi connectivity index (χ0) is 17.8. The Morgan fingerprint density at radius 3 is 2.56 bits per heavy atom. The van der Waals surface area contributed by atoms with Crippen molar-refractivity contribution in [3.63, 3.8) is 0 Å². The predicted molar refractivity (Wildman–Crippen MR) is 98.0 cm³/mol. The fourth-order valence-corrected chi connectivity index (χ4v) is 2.60. The molecule has 3 aromatic rings. The molecule has 0 radical (unpaired) electrons. The van der Waals surface area contributed by atoms with Crippen LogP contribution in [0.5, 0.6) is 0 Å². The van der Waals surface area contributed by atoms with Gasteiger partial charge in [-0.05, 0) is 24.6 Å². The lowest BCUT2D eigenvalue weighted by Gasteiger charge is -2.04. The summed E-state index contributed by atoms with van der Waals surface area (Å²) < 4.78 is 3.42. The van der Waals surface area contributed by atoms with Gasteiger partial charge in [0.25, 0.3) is 0 Å². The molecular formula is C17H17Cl2N5O. The summed E-state index contributed by atoms with van der Waals surface area (Å²) in [6, 6.07) is 9.33. The number of aryl methyl sites for hydroxylation is 2. The average molecular weight is 378 g/mol. The highest BCUT2D eigenvalue weighted by Gasteiger charge is 2.08. The monoisotopic (exact) mass is 377 g/mol. The Hall–Kier alpha value is -2.31. The highest BCUT2D eigenvalue weighted by atomic mass is 35.5. The Kier molecular flexibility index (Phi) is 5.40. The van der Waals surface area contributed by atoms with Crippen LogP contribution < -0.4 is 5.32 Å². The van der Waals surface area contributed by atoms with Gasteiger partial charge in [-0.25, -0.2) is 0 Å². The van der Waals surface area contributed by atoms with Crippen molar-refractivity contribution in [3.05, 3.63) is 64.0 Å². The molecule has 2 aromatic heterocycles. The fourth-order valence-electron chi connectivity index (χ4n) is 2.32. The number of carbonyl (C=O) groups is 1. The molecule has 0 fully saturated rings. The second kappa shape index (κ2) is 7.72. The van der Waals surface area contributed by atoms with Gasteiger partial charge in [0.2, 0.25) is 5.91 Å². The molecule has 0 unspecified atom stereocenters. The van der Waals surface area contributed by atoms with Crippen LogP contribution in [0.15, 0.2) is 42.7 Å². The molecule has 0 aliphatic carbocycles. The number of anilines is 1. The van der Waals surface area contributed by atoms with Gasteiger partial charge in [-0.1, -0.05) is 35.3 Å². The van der Waals surface area contributed by atoms with Gasteiger partial charge in [0, 0.05) is 36.4 Å². The minimum atomic E-state index is -0.124. The van der Waals surface area contributed by atoms with Crippen LogP contribution in [0.1, 0.15) is 17.7 Å². The van der Waals surface area contributed by atoms with Crippen LogP contribution in [-0.2, 0) is 17.9 Å². The van der Waals surface area contributed by atoms with Crippen LogP contribution in [0.25, 0.3) is 0 Å². The maximum Gasteiger partial charge on any atom is 0.227 e. The predicted octanol–water partition coefficient (Wildman–Crippen LogP) is 3.77. The zero-order valence-electron chi connectivity index (χ0n) is 13.6. The average Bonchev–Trinajstić information content (AvgIpc) is 3.14. The summed E-state index contributed by atoms with van der Waals surface area (Å²) in [5.74, 6) is 0.398. The maximum absolute atomic E-state index is 12.0. The molecule has 0 atom stereocenters. The molecular weight excluding hydrogens is 361 g/mol. The number of nitrogens with zero attached hydrogens (tertiary/aromatic N) is 4. The number of amides is 1. The van der Waals surface area contributed by atoms with Crippen LogP contribution in [0.4, 0.5) is 5.82 Å². The molecule has 130 valence electrons. The smallest absolute Gasteiger partial charge is 0.227 e. The van der Waals surface area contributed by atoms with Crippen molar-refractivity contribution in [1.82, 2.24) is 19.6 Å². The number of hydrogen-bond acceptors (Lipinski definition) is 3.